The van der Waals surface area contributed by atoms with Crippen molar-refractivity contribution in [3.8, 4) is 11.3 Å². The number of hydrogen-bond acceptors (Lipinski definition) is 5. The van der Waals surface area contributed by atoms with E-state index in [-0.39, 0.29) is 5.92 Å². The van der Waals surface area contributed by atoms with E-state index >= 15 is 0 Å². The largest absolute Gasteiger partial charge is 0.399 e. The summed E-state index contributed by atoms with van der Waals surface area (Å²) < 4.78 is 0. The van der Waals surface area contributed by atoms with Crippen LogP contribution in [0.15, 0.2) is 18.2 Å². The van der Waals surface area contributed by atoms with Crippen LogP contribution in [0.1, 0.15) is 44.8 Å². The van der Waals surface area contributed by atoms with Crippen LogP contribution >= 0.6 is 11.3 Å². The van der Waals surface area contributed by atoms with Crippen LogP contribution in [0.5, 0.6) is 0 Å². The number of hydrogen-bond donors (Lipinski definition) is 1. The van der Waals surface area contributed by atoms with Crippen molar-refractivity contribution in [3.63, 3.8) is 0 Å². The standard InChI is InChI=1S/C14H12N2O2S/c1-6(2)14-16-10-8-4-3-7(15)5-9(8)11(17)12(18)13(10)19-14/h3-6H,15H2,1-2H3. The lowest BCUT2D eigenvalue weighted by molar-refractivity contribution is 0.0817. The Balaban J connectivity index is 2.30. The third-order valence-corrected chi connectivity index (χ3v) is 4.45. The summed E-state index contributed by atoms with van der Waals surface area (Å²) in [6.45, 7) is 4.03. The van der Waals surface area contributed by atoms with E-state index in [1.807, 2.05) is 13.8 Å². The number of benzene rings is 1. The third kappa shape index (κ3) is 1.69. The minimum Gasteiger partial charge on any atom is -0.399 e. The van der Waals surface area contributed by atoms with Crippen LogP contribution < -0.4 is 5.73 Å². The minimum absolute atomic E-state index is 0.232. The molecule has 5 heteroatoms. The van der Waals surface area contributed by atoms with Gasteiger partial charge in [0, 0.05) is 22.7 Å². The molecule has 2 N–H and O–H groups in total. The van der Waals surface area contributed by atoms with Gasteiger partial charge in [-0.3, -0.25) is 9.59 Å². The number of Topliss-reactive ketones (excluding diaryl/α,β-unsaturated/α-hetero) is 2. The Bertz CT molecular complexity index is 716. The van der Waals surface area contributed by atoms with Crippen LogP contribution in [-0.2, 0) is 0 Å². The average Bonchev–Trinajstić information content (AvgIpc) is 2.81. The molecule has 0 unspecified atom stereocenters. The molecule has 0 amide bonds. The van der Waals surface area contributed by atoms with Crippen molar-refractivity contribution in [2.75, 3.05) is 5.73 Å². The van der Waals surface area contributed by atoms with E-state index in [1.165, 1.54) is 11.3 Å². The number of rotatable bonds is 1. The molecule has 4 nitrogen and oxygen atoms in total. The fourth-order valence-electron chi connectivity index (χ4n) is 2.10. The Morgan fingerprint density at radius 2 is 1.89 bits per heavy atom. The summed E-state index contributed by atoms with van der Waals surface area (Å²) in [7, 11) is 0. The van der Waals surface area contributed by atoms with Crippen LogP contribution in [-0.4, -0.2) is 16.6 Å². The quantitative estimate of drug-likeness (QED) is 0.640. The van der Waals surface area contributed by atoms with Gasteiger partial charge in [0.2, 0.25) is 11.6 Å². The highest BCUT2D eigenvalue weighted by molar-refractivity contribution is 7.15. The van der Waals surface area contributed by atoms with Gasteiger partial charge in [0.15, 0.2) is 0 Å². The van der Waals surface area contributed by atoms with Crippen LogP contribution in [0, 0.1) is 0 Å². The van der Waals surface area contributed by atoms with Crippen molar-refractivity contribution >= 4 is 28.6 Å². The number of thiazole rings is 1. The molecule has 1 aromatic heterocycles. The number of aromatic nitrogens is 1. The topological polar surface area (TPSA) is 73.0 Å². The van der Waals surface area contributed by atoms with E-state index in [9.17, 15) is 9.59 Å². The first-order chi connectivity index (χ1) is 8.99. The van der Waals surface area contributed by atoms with Gasteiger partial charge in [-0.25, -0.2) is 4.98 Å². The van der Waals surface area contributed by atoms with E-state index in [1.54, 1.807) is 18.2 Å². The summed E-state index contributed by atoms with van der Waals surface area (Å²) in [6, 6.07) is 5.03. The van der Waals surface area contributed by atoms with E-state index in [4.69, 9.17) is 5.73 Å². The second kappa shape index (κ2) is 3.99. The lowest BCUT2D eigenvalue weighted by atomic mass is 9.91. The van der Waals surface area contributed by atoms with Crippen molar-refractivity contribution in [3.05, 3.63) is 33.6 Å². The number of anilines is 1. The monoisotopic (exact) mass is 272 g/mol. The van der Waals surface area contributed by atoms with Crippen LogP contribution in [0.3, 0.4) is 0 Å². The lowest BCUT2D eigenvalue weighted by Crippen LogP contribution is -2.20. The highest BCUT2D eigenvalue weighted by Gasteiger charge is 2.34. The number of ketones is 2. The summed E-state index contributed by atoms with van der Waals surface area (Å²) in [6.07, 6.45) is 0. The number of fused-ring (bicyclic) bond motifs is 3. The lowest BCUT2D eigenvalue weighted by Gasteiger charge is -2.13. The highest BCUT2D eigenvalue weighted by atomic mass is 32.1. The molecular formula is C14H12N2O2S. The molecule has 0 spiro atoms. The Hall–Kier alpha value is -2.01. The zero-order valence-corrected chi connectivity index (χ0v) is 11.4. The summed E-state index contributed by atoms with van der Waals surface area (Å²) in [5.74, 6) is -0.734. The van der Waals surface area contributed by atoms with Gasteiger partial charge < -0.3 is 5.73 Å². The van der Waals surface area contributed by atoms with E-state index in [0.717, 1.165) is 5.01 Å². The molecule has 1 heterocycles. The fourth-order valence-corrected chi connectivity index (χ4v) is 3.12. The van der Waals surface area contributed by atoms with Crippen molar-refractivity contribution in [1.82, 2.24) is 4.98 Å². The van der Waals surface area contributed by atoms with Gasteiger partial charge in [-0.15, -0.1) is 11.3 Å². The molecule has 0 radical (unpaired) electrons. The number of nitrogen functional groups attached to an aromatic ring is 1. The Labute approximate surface area is 114 Å². The van der Waals surface area contributed by atoms with E-state index in [0.29, 0.717) is 27.4 Å². The zero-order valence-electron chi connectivity index (χ0n) is 10.6. The van der Waals surface area contributed by atoms with Crippen LogP contribution in [0.25, 0.3) is 11.3 Å². The highest BCUT2D eigenvalue weighted by Crippen LogP contribution is 2.38. The predicted molar refractivity (Wildman–Crippen MR) is 74.7 cm³/mol. The van der Waals surface area contributed by atoms with Crippen molar-refractivity contribution in [1.29, 1.82) is 0 Å². The second-order valence-electron chi connectivity index (χ2n) is 4.85. The molecule has 3 rings (SSSR count). The maximum atomic E-state index is 12.1. The van der Waals surface area contributed by atoms with Gasteiger partial charge in [0.1, 0.15) is 4.88 Å². The van der Waals surface area contributed by atoms with E-state index < -0.39 is 11.6 Å². The predicted octanol–water partition coefficient (Wildman–Crippen LogP) is 2.89. The Morgan fingerprint density at radius 1 is 1.16 bits per heavy atom. The average molecular weight is 272 g/mol. The second-order valence-corrected chi connectivity index (χ2v) is 5.88. The normalized spacial score (nSPS) is 13.6. The van der Waals surface area contributed by atoms with Gasteiger partial charge in [-0.05, 0) is 18.2 Å². The summed E-state index contributed by atoms with van der Waals surface area (Å²) in [5.41, 5.74) is 7.84. The van der Waals surface area contributed by atoms with Gasteiger partial charge in [-0.1, -0.05) is 13.8 Å². The molecule has 19 heavy (non-hydrogen) atoms. The molecule has 0 fully saturated rings. The molecule has 0 bridgehead atoms. The Kier molecular flexibility index (Phi) is 2.53. The van der Waals surface area contributed by atoms with Crippen molar-refractivity contribution < 1.29 is 9.59 Å². The van der Waals surface area contributed by atoms with Gasteiger partial charge in [0.25, 0.3) is 0 Å². The number of nitrogens with two attached hydrogens (primary N) is 1. The SMILES string of the molecule is CC(C)c1nc2c(s1)C(=O)C(=O)c1cc(N)ccc1-2. The Morgan fingerprint density at radius 3 is 2.58 bits per heavy atom. The molecule has 96 valence electrons. The summed E-state index contributed by atoms with van der Waals surface area (Å²) in [5, 5.41) is 0.871. The molecule has 0 atom stereocenters. The maximum absolute atomic E-state index is 12.1. The molecule has 1 aromatic carbocycles. The molecule has 1 aliphatic carbocycles. The number of nitrogens with zero attached hydrogens (tertiary/aromatic N) is 1. The molecule has 2 aromatic rings. The van der Waals surface area contributed by atoms with Gasteiger partial charge in [0.05, 0.1) is 10.7 Å². The van der Waals surface area contributed by atoms with Gasteiger partial charge >= 0.3 is 0 Å². The first-order valence-corrected chi connectivity index (χ1v) is 6.80. The number of carbonyl (C=O) groups excluding carboxylic acids is 2. The first-order valence-electron chi connectivity index (χ1n) is 5.98. The van der Waals surface area contributed by atoms with Crippen LogP contribution in [0.2, 0.25) is 0 Å². The fraction of sp³-hybridized carbons (Fsp3) is 0.214. The molecular weight excluding hydrogens is 260 g/mol. The smallest absolute Gasteiger partial charge is 0.245 e. The molecule has 0 saturated carbocycles. The van der Waals surface area contributed by atoms with Crippen LogP contribution in [0.4, 0.5) is 5.69 Å². The molecule has 0 saturated heterocycles. The maximum Gasteiger partial charge on any atom is 0.245 e. The van der Waals surface area contributed by atoms with E-state index in [2.05, 4.69) is 4.98 Å². The minimum atomic E-state index is -0.492. The summed E-state index contributed by atoms with van der Waals surface area (Å²) >= 11 is 1.31. The third-order valence-electron chi connectivity index (χ3n) is 3.09. The van der Waals surface area contributed by atoms with Crippen molar-refractivity contribution in [2.45, 2.75) is 19.8 Å². The number of carbonyl (C=O) groups is 2. The van der Waals surface area contributed by atoms with Gasteiger partial charge in [-0.2, -0.15) is 0 Å². The summed E-state index contributed by atoms with van der Waals surface area (Å²) in [4.78, 5) is 29.2. The van der Waals surface area contributed by atoms with Crippen molar-refractivity contribution in [2.24, 2.45) is 0 Å². The molecule has 0 aliphatic heterocycles. The molecule has 1 aliphatic rings. The first kappa shape index (κ1) is 12.0. The zero-order chi connectivity index (χ0) is 13.7.